The molecule has 1 aromatic rings. The van der Waals surface area contributed by atoms with Gasteiger partial charge in [0, 0.05) is 17.7 Å². The first-order chi connectivity index (χ1) is 10.9. The second-order valence-corrected chi connectivity index (χ2v) is 7.26. The van der Waals surface area contributed by atoms with Gasteiger partial charge in [-0.1, -0.05) is 20.8 Å². The van der Waals surface area contributed by atoms with E-state index in [-0.39, 0.29) is 11.7 Å². The van der Waals surface area contributed by atoms with E-state index in [0.29, 0.717) is 18.9 Å². The standard InChI is InChI=1S/C19H28N2O2/c1-14(2)12-19(23)20-17-6-4-16(5-7-17)18(22)13-21-10-8-15(3)9-11-21/h4-7,14-15H,8-13H2,1-3H3,(H,20,23)/p+1. The lowest BCUT2D eigenvalue weighted by molar-refractivity contribution is -0.897. The zero-order valence-electron chi connectivity index (χ0n) is 14.5. The van der Waals surface area contributed by atoms with Crippen LogP contribution in [0.3, 0.4) is 0 Å². The summed E-state index contributed by atoms with van der Waals surface area (Å²) in [6.07, 6.45) is 2.93. The molecule has 126 valence electrons. The summed E-state index contributed by atoms with van der Waals surface area (Å²) in [6, 6.07) is 7.27. The lowest BCUT2D eigenvalue weighted by atomic mass is 9.98. The number of amides is 1. The number of Topliss-reactive ketones (excluding diaryl/α,β-unsaturated/α-hetero) is 1. The van der Waals surface area contributed by atoms with E-state index in [0.717, 1.165) is 30.3 Å². The fourth-order valence-corrected chi connectivity index (χ4v) is 3.00. The van der Waals surface area contributed by atoms with E-state index in [4.69, 9.17) is 0 Å². The molecule has 1 fully saturated rings. The molecule has 2 N–H and O–H groups in total. The second-order valence-electron chi connectivity index (χ2n) is 7.26. The van der Waals surface area contributed by atoms with Crippen molar-refractivity contribution in [2.45, 2.75) is 40.0 Å². The lowest BCUT2D eigenvalue weighted by Crippen LogP contribution is -3.13. The molecule has 0 spiro atoms. The Hall–Kier alpha value is -1.68. The molecule has 1 heterocycles. The number of carbonyl (C=O) groups is 2. The molecule has 0 aromatic heterocycles. The number of anilines is 1. The Bertz CT molecular complexity index is 529. The first-order valence-corrected chi connectivity index (χ1v) is 8.70. The van der Waals surface area contributed by atoms with Crippen molar-refractivity contribution in [3.05, 3.63) is 29.8 Å². The van der Waals surface area contributed by atoms with Gasteiger partial charge in [-0.05, 0) is 48.9 Å². The van der Waals surface area contributed by atoms with Crippen molar-refractivity contribution in [2.75, 3.05) is 25.0 Å². The molecule has 4 nitrogen and oxygen atoms in total. The third kappa shape index (κ3) is 5.79. The molecule has 0 atom stereocenters. The second kappa shape index (κ2) is 8.25. The Balaban J connectivity index is 1.86. The summed E-state index contributed by atoms with van der Waals surface area (Å²) in [4.78, 5) is 25.5. The molecular formula is C19H29N2O2+. The Morgan fingerprint density at radius 3 is 2.35 bits per heavy atom. The van der Waals surface area contributed by atoms with Crippen molar-refractivity contribution in [1.29, 1.82) is 0 Å². The summed E-state index contributed by atoms with van der Waals surface area (Å²) in [5, 5.41) is 2.87. The van der Waals surface area contributed by atoms with Crippen LogP contribution in [0.15, 0.2) is 24.3 Å². The van der Waals surface area contributed by atoms with Crippen LogP contribution in [0, 0.1) is 11.8 Å². The highest BCUT2D eigenvalue weighted by molar-refractivity contribution is 5.97. The topological polar surface area (TPSA) is 50.6 Å². The van der Waals surface area contributed by atoms with Gasteiger partial charge in [-0.2, -0.15) is 0 Å². The van der Waals surface area contributed by atoms with Crippen LogP contribution in [-0.2, 0) is 4.79 Å². The minimum Gasteiger partial charge on any atom is -0.328 e. The molecule has 0 radical (unpaired) electrons. The molecule has 0 aliphatic carbocycles. The maximum absolute atomic E-state index is 12.4. The van der Waals surface area contributed by atoms with Gasteiger partial charge >= 0.3 is 0 Å². The molecule has 23 heavy (non-hydrogen) atoms. The number of ketones is 1. The van der Waals surface area contributed by atoms with E-state index < -0.39 is 0 Å². The van der Waals surface area contributed by atoms with E-state index >= 15 is 0 Å². The van der Waals surface area contributed by atoms with E-state index in [1.807, 2.05) is 38.1 Å². The van der Waals surface area contributed by atoms with Gasteiger partial charge in [0.2, 0.25) is 11.7 Å². The number of piperidine rings is 1. The van der Waals surface area contributed by atoms with Crippen LogP contribution in [0.4, 0.5) is 5.69 Å². The average Bonchev–Trinajstić information content (AvgIpc) is 2.49. The van der Waals surface area contributed by atoms with Crippen LogP contribution >= 0.6 is 0 Å². The minimum atomic E-state index is 0.0194. The average molecular weight is 317 g/mol. The maximum Gasteiger partial charge on any atom is 0.224 e. The molecule has 0 bridgehead atoms. The van der Waals surface area contributed by atoms with Crippen molar-refractivity contribution in [1.82, 2.24) is 0 Å². The highest BCUT2D eigenvalue weighted by Gasteiger charge is 2.21. The zero-order chi connectivity index (χ0) is 16.8. The van der Waals surface area contributed by atoms with E-state index in [9.17, 15) is 9.59 Å². The molecule has 2 rings (SSSR count). The molecule has 0 unspecified atom stereocenters. The molecule has 4 heteroatoms. The molecule has 1 aliphatic heterocycles. The fraction of sp³-hybridized carbons (Fsp3) is 0.579. The van der Waals surface area contributed by atoms with Crippen molar-refractivity contribution in [3.8, 4) is 0 Å². The third-order valence-corrected chi connectivity index (χ3v) is 4.48. The largest absolute Gasteiger partial charge is 0.328 e. The predicted molar refractivity (Wildman–Crippen MR) is 92.8 cm³/mol. The number of hydrogen-bond acceptors (Lipinski definition) is 2. The summed E-state index contributed by atoms with van der Waals surface area (Å²) in [6.45, 7) is 9.08. The summed E-state index contributed by atoms with van der Waals surface area (Å²) < 4.78 is 0. The molecule has 1 amide bonds. The smallest absolute Gasteiger partial charge is 0.224 e. The summed E-state index contributed by atoms with van der Waals surface area (Å²) in [5.74, 6) is 1.34. The van der Waals surface area contributed by atoms with Crippen LogP contribution in [0.2, 0.25) is 0 Å². The monoisotopic (exact) mass is 317 g/mol. The summed E-state index contributed by atoms with van der Waals surface area (Å²) in [7, 11) is 0. The zero-order valence-corrected chi connectivity index (χ0v) is 14.5. The number of benzene rings is 1. The molecule has 1 aromatic carbocycles. The van der Waals surface area contributed by atoms with Crippen molar-refractivity contribution < 1.29 is 14.5 Å². The Morgan fingerprint density at radius 2 is 1.78 bits per heavy atom. The molecule has 0 saturated carbocycles. The Labute approximate surface area is 139 Å². The number of carbonyl (C=O) groups excluding carboxylic acids is 2. The van der Waals surface area contributed by atoms with Crippen LogP contribution < -0.4 is 10.2 Å². The van der Waals surface area contributed by atoms with Gasteiger partial charge in [0.1, 0.15) is 6.54 Å². The van der Waals surface area contributed by atoms with Gasteiger partial charge in [0.15, 0.2) is 0 Å². The normalized spacial score (nSPS) is 21.2. The number of likely N-dealkylation sites (tertiary alicyclic amines) is 1. The van der Waals surface area contributed by atoms with Crippen molar-refractivity contribution >= 4 is 17.4 Å². The van der Waals surface area contributed by atoms with Gasteiger partial charge in [-0.3, -0.25) is 9.59 Å². The van der Waals surface area contributed by atoms with E-state index in [1.54, 1.807) is 0 Å². The summed E-state index contributed by atoms with van der Waals surface area (Å²) >= 11 is 0. The van der Waals surface area contributed by atoms with Gasteiger partial charge in [-0.25, -0.2) is 0 Å². The van der Waals surface area contributed by atoms with Crippen LogP contribution in [-0.4, -0.2) is 31.3 Å². The van der Waals surface area contributed by atoms with E-state index in [1.165, 1.54) is 17.7 Å². The molecular weight excluding hydrogens is 288 g/mol. The number of hydrogen-bond donors (Lipinski definition) is 2. The van der Waals surface area contributed by atoms with Gasteiger partial charge in [-0.15, -0.1) is 0 Å². The highest BCUT2D eigenvalue weighted by atomic mass is 16.1. The van der Waals surface area contributed by atoms with Crippen LogP contribution in [0.25, 0.3) is 0 Å². The Morgan fingerprint density at radius 1 is 1.17 bits per heavy atom. The third-order valence-electron chi connectivity index (χ3n) is 4.48. The lowest BCUT2D eigenvalue weighted by Gasteiger charge is -2.26. The van der Waals surface area contributed by atoms with Crippen molar-refractivity contribution in [2.24, 2.45) is 11.8 Å². The Kier molecular flexibility index (Phi) is 6.34. The maximum atomic E-state index is 12.4. The predicted octanol–water partition coefficient (Wildman–Crippen LogP) is 2.17. The van der Waals surface area contributed by atoms with Crippen LogP contribution in [0.1, 0.15) is 50.4 Å². The number of nitrogens with one attached hydrogen (secondary N) is 2. The molecule has 1 aliphatic rings. The van der Waals surface area contributed by atoms with Gasteiger partial charge in [0.25, 0.3) is 0 Å². The first kappa shape index (κ1) is 17.7. The molecule has 1 saturated heterocycles. The quantitative estimate of drug-likeness (QED) is 0.790. The fourth-order valence-electron chi connectivity index (χ4n) is 3.00. The number of quaternary nitrogens is 1. The SMILES string of the molecule is CC(C)CC(=O)Nc1ccc(C(=O)C[NH+]2CCC(C)CC2)cc1. The van der Waals surface area contributed by atoms with Gasteiger partial charge < -0.3 is 10.2 Å². The van der Waals surface area contributed by atoms with Gasteiger partial charge in [0.05, 0.1) is 13.1 Å². The van der Waals surface area contributed by atoms with Crippen molar-refractivity contribution in [3.63, 3.8) is 0 Å². The highest BCUT2D eigenvalue weighted by Crippen LogP contribution is 2.12. The summed E-state index contributed by atoms with van der Waals surface area (Å²) in [5.41, 5.74) is 1.49. The minimum absolute atomic E-state index is 0.0194. The first-order valence-electron chi connectivity index (χ1n) is 8.70. The van der Waals surface area contributed by atoms with Crippen LogP contribution in [0.5, 0.6) is 0 Å². The van der Waals surface area contributed by atoms with E-state index in [2.05, 4.69) is 12.2 Å². The number of rotatable bonds is 6.